The third-order valence-electron chi connectivity index (χ3n) is 4.61. The first-order valence-electron chi connectivity index (χ1n) is 7.77. The highest BCUT2D eigenvalue weighted by Crippen LogP contribution is 2.40. The first-order valence-corrected chi connectivity index (χ1v) is 9.15. The second kappa shape index (κ2) is 6.68. The van der Waals surface area contributed by atoms with Crippen molar-refractivity contribution in [2.45, 2.75) is 70.3 Å². The molecule has 0 spiro atoms. The van der Waals surface area contributed by atoms with E-state index in [0.717, 1.165) is 44.6 Å². The van der Waals surface area contributed by atoms with Crippen molar-refractivity contribution in [1.29, 1.82) is 0 Å². The van der Waals surface area contributed by atoms with E-state index in [1.54, 1.807) is 0 Å². The van der Waals surface area contributed by atoms with Crippen LogP contribution in [0.5, 0.6) is 0 Å². The molecular weight excluding hydrogens is 258 g/mol. The van der Waals surface area contributed by atoms with Crippen molar-refractivity contribution in [3.63, 3.8) is 0 Å². The molecule has 19 heavy (non-hydrogen) atoms. The summed E-state index contributed by atoms with van der Waals surface area (Å²) in [6.45, 7) is 8.69. The Hall–Kier alpha value is 0.0700. The minimum Gasteiger partial charge on any atom is -0.377 e. The first-order chi connectivity index (χ1) is 9.04. The van der Waals surface area contributed by atoms with E-state index in [1.165, 1.54) is 6.42 Å². The van der Waals surface area contributed by atoms with E-state index < -0.39 is 10.8 Å². The Morgan fingerprint density at radius 2 is 2.16 bits per heavy atom. The van der Waals surface area contributed by atoms with Crippen LogP contribution < -0.4 is 5.32 Å². The van der Waals surface area contributed by atoms with E-state index in [-0.39, 0.29) is 11.5 Å². The number of hydrogen-bond donors (Lipinski definition) is 1. The predicted octanol–water partition coefficient (Wildman–Crippen LogP) is 2.47. The van der Waals surface area contributed by atoms with Gasteiger partial charge < -0.3 is 10.1 Å². The molecule has 2 aliphatic rings. The average molecular weight is 287 g/mol. The van der Waals surface area contributed by atoms with Crippen molar-refractivity contribution in [3.8, 4) is 0 Å². The standard InChI is InChI=1S/C15H29NO2S/c1-4-9-16-14-13(7-8-15(14,2)3)19(17)11-12-6-5-10-18-12/h12-14,16H,4-11H2,1-3H3. The van der Waals surface area contributed by atoms with Crippen LogP contribution in [0.1, 0.15) is 52.9 Å². The zero-order valence-corrected chi connectivity index (χ0v) is 13.4. The minimum absolute atomic E-state index is 0.247. The Morgan fingerprint density at radius 1 is 1.37 bits per heavy atom. The molecular formula is C15H29NO2S. The van der Waals surface area contributed by atoms with E-state index in [4.69, 9.17) is 4.74 Å². The molecule has 2 rings (SSSR count). The van der Waals surface area contributed by atoms with Crippen LogP contribution in [0.2, 0.25) is 0 Å². The molecule has 0 aromatic rings. The topological polar surface area (TPSA) is 38.3 Å². The van der Waals surface area contributed by atoms with Crippen molar-refractivity contribution in [1.82, 2.24) is 5.32 Å². The lowest BCUT2D eigenvalue weighted by Crippen LogP contribution is -2.47. The summed E-state index contributed by atoms with van der Waals surface area (Å²) in [6, 6.07) is 0.398. The summed E-state index contributed by atoms with van der Waals surface area (Å²) in [5.41, 5.74) is 0.270. The summed E-state index contributed by atoms with van der Waals surface area (Å²) >= 11 is 0. The molecule has 0 aromatic heterocycles. The number of hydrogen-bond acceptors (Lipinski definition) is 3. The predicted molar refractivity (Wildman–Crippen MR) is 80.9 cm³/mol. The summed E-state index contributed by atoms with van der Waals surface area (Å²) in [5, 5.41) is 3.95. The van der Waals surface area contributed by atoms with E-state index in [0.29, 0.717) is 11.3 Å². The molecule has 1 aliphatic heterocycles. The molecule has 0 amide bonds. The maximum atomic E-state index is 12.7. The maximum Gasteiger partial charge on any atom is 0.0691 e. The van der Waals surface area contributed by atoms with Gasteiger partial charge in [-0.3, -0.25) is 4.21 Å². The molecule has 0 bridgehead atoms. The van der Waals surface area contributed by atoms with Crippen molar-refractivity contribution < 1.29 is 8.95 Å². The van der Waals surface area contributed by atoms with Crippen LogP contribution in [0.25, 0.3) is 0 Å². The third kappa shape index (κ3) is 3.79. The highest BCUT2D eigenvalue weighted by atomic mass is 32.2. The van der Waals surface area contributed by atoms with E-state index in [1.807, 2.05) is 0 Å². The molecule has 1 saturated heterocycles. The lowest BCUT2D eigenvalue weighted by Gasteiger charge is -2.31. The Balaban J connectivity index is 1.94. The highest BCUT2D eigenvalue weighted by molar-refractivity contribution is 7.85. The van der Waals surface area contributed by atoms with Crippen LogP contribution in [0, 0.1) is 5.41 Å². The van der Waals surface area contributed by atoms with Crippen molar-refractivity contribution in [2.24, 2.45) is 5.41 Å². The maximum absolute atomic E-state index is 12.7. The zero-order valence-electron chi connectivity index (χ0n) is 12.6. The fourth-order valence-corrected chi connectivity index (χ4v) is 5.44. The van der Waals surface area contributed by atoms with Crippen LogP contribution in [-0.2, 0) is 15.5 Å². The van der Waals surface area contributed by atoms with Gasteiger partial charge in [0, 0.05) is 23.4 Å². The number of ether oxygens (including phenoxy) is 1. The van der Waals surface area contributed by atoms with Gasteiger partial charge in [0.25, 0.3) is 0 Å². The smallest absolute Gasteiger partial charge is 0.0691 e. The van der Waals surface area contributed by atoms with Crippen LogP contribution in [0.4, 0.5) is 0 Å². The van der Waals surface area contributed by atoms with E-state index in [2.05, 4.69) is 26.1 Å². The van der Waals surface area contributed by atoms with Gasteiger partial charge >= 0.3 is 0 Å². The Kier molecular flexibility index (Phi) is 5.44. The Labute approximate surface area is 120 Å². The van der Waals surface area contributed by atoms with Gasteiger partial charge in [-0.1, -0.05) is 20.8 Å². The van der Waals surface area contributed by atoms with Gasteiger partial charge in [0.2, 0.25) is 0 Å². The van der Waals surface area contributed by atoms with Gasteiger partial charge in [0.05, 0.1) is 17.1 Å². The Morgan fingerprint density at radius 3 is 2.79 bits per heavy atom. The molecule has 1 heterocycles. The zero-order chi connectivity index (χ0) is 13.9. The molecule has 0 radical (unpaired) electrons. The summed E-state index contributed by atoms with van der Waals surface area (Å²) < 4.78 is 18.3. The first kappa shape index (κ1) is 15.5. The molecule has 1 saturated carbocycles. The lowest BCUT2D eigenvalue weighted by molar-refractivity contribution is 0.128. The summed E-state index contributed by atoms with van der Waals surface area (Å²) in [4.78, 5) is 0. The van der Waals surface area contributed by atoms with Gasteiger partial charge in [0.15, 0.2) is 0 Å². The van der Waals surface area contributed by atoms with Crippen molar-refractivity contribution in [3.05, 3.63) is 0 Å². The largest absolute Gasteiger partial charge is 0.377 e. The normalized spacial score (nSPS) is 35.6. The molecule has 2 fully saturated rings. The second-order valence-corrected chi connectivity index (χ2v) is 8.38. The molecule has 4 heteroatoms. The lowest BCUT2D eigenvalue weighted by atomic mass is 9.87. The van der Waals surface area contributed by atoms with Gasteiger partial charge in [-0.25, -0.2) is 0 Å². The SMILES string of the molecule is CCCNC1C(S(=O)CC2CCCO2)CCC1(C)C. The second-order valence-electron chi connectivity index (χ2n) is 6.68. The number of nitrogens with one attached hydrogen (secondary N) is 1. The average Bonchev–Trinajstić information content (AvgIpc) is 2.94. The number of rotatable bonds is 6. The third-order valence-corrected chi connectivity index (χ3v) is 6.50. The monoisotopic (exact) mass is 287 g/mol. The van der Waals surface area contributed by atoms with Gasteiger partial charge in [-0.2, -0.15) is 0 Å². The Bertz CT molecular complexity index is 313. The van der Waals surface area contributed by atoms with Crippen LogP contribution in [0.3, 0.4) is 0 Å². The summed E-state index contributed by atoms with van der Waals surface area (Å²) in [7, 11) is -0.753. The van der Waals surface area contributed by atoms with Gasteiger partial charge in [-0.05, 0) is 44.1 Å². The molecule has 1 N–H and O–H groups in total. The fourth-order valence-electron chi connectivity index (χ4n) is 3.41. The van der Waals surface area contributed by atoms with E-state index in [9.17, 15) is 4.21 Å². The summed E-state index contributed by atoms with van der Waals surface area (Å²) in [6.07, 6.45) is 5.88. The molecule has 3 nitrogen and oxygen atoms in total. The quantitative estimate of drug-likeness (QED) is 0.815. The van der Waals surface area contributed by atoms with Crippen molar-refractivity contribution >= 4 is 10.8 Å². The van der Waals surface area contributed by atoms with Crippen LogP contribution >= 0.6 is 0 Å². The van der Waals surface area contributed by atoms with Crippen LogP contribution in [0.15, 0.2) is 0 Å². The fraction of sp³-hybridized carbons (Fsp3) is 1.00. The molecule has 112 valence electrons. The van der Waals surface area contributed by atoms with Crippen LogP contribution in [-0.4, -0.2) is 40.5 Å². The van der Waals surface area contributed by atoms with Gasteiger partial charge in [-0.15, -0.1) is 0 Å². The molecule has 0 aromatic carbocycles. The summed E-state index contributed by atoms with van der Waals surface area (Å²) in [5.74, 6) is 0.741. The molecule has 4 unspecified atom stereocenters. The van der Waals surface area contributed by atoms with Crippen molar-refractivity contribution in [2.75, 3.05) is 18.9 Å². The minimum atomic E-state index is -0.753. The molecule has 1 aliphatic carbocycles. The van der Waals surface area contributed by atoms with E-state index >= 15 is 0 Å². The highest BCUT2D eigenvalue weighted by Gasteiger charge is 2.44. The molecule has 4 atom stereocenters. The van der Waals surface area contributed by atoms with Gasteiger partial charge in [0.1, 0.15) is 0 Å².